The molecule has 0 bridgehead atoms. The minimum absolute atomic E-state index is 0.0448. The number of carbonyl (C=O) groups excluding carboxylic acids is 1. The summed E-state index contributed by atoms with van der Waals surface area (Å²) < 4.78 is 7.80. The van der Waals surface area contributed by atoms with Gasteiger partial charge in [0.1, 0.15) is 0 Å². The molecule has 5 nitrogen and oxygen atoms in total. The molecule has 6 heteroatoms. The normalized spacial score (nSPS) is 17.7. The van der Waals surface area contributed by atoms with Crippen LogP contribution in [-0.2, 0) is 16.0 Å². The Morgan fingerprint density at radius 1 is 1.40 bits per heavy atom. The number of aromatic nitrogens is 2. The van der Waals surface area contributed by atoms with E-state index < -0.39 is 0 Å². The van der Waals surface area contributed by atoms with E-state index in [4.69, 9.17) is 4.74 Å². The summed E-state index contributed by atoms with van der Waals surface area (Å²) in [6, 6.07) is 9.78. The molecule has 1 N–H and O–H groups in total. The summed E-state index contributed by atoms with van der Waals surface area (Å²) >= 11 is 1.74. The number of ether oxygens (including phenoxy) is 1. The summed E-state index contributed by atoms with van der Waals surface area (Å²) in [7, 11) is 0. The van der Waals surface area contributed by atoms with Crippen LogP contribution in [0.15, 0.2) is 54.4 Å². The Hall–Kier alpha value is -2.44. The van der Waals surface area contributed by atoms with Crippen molar-refractivity contribution in [1.82, 2.24) is 9.55 Å². The van der Waals surface area contributed by atoms with Gasteiger partial charge in [0.2, 0.25) is 5.91 Å². The largest absolute Gasteiger partial charge is 0.372 e. The first-order chi connectivity index (χ1) is 12.2. The average molecular weight is 353 g/mol. The van der Waals surface area contributed by atoms with Crippen molar-refractivity contribution in [3.8, 4) is 5.69 Å². The standard InChI is InChI=1S/C19H19N3O2S/c1-13(18-14-7-11-25-17(14)6-10-24-18)19(23)21-15-4-2-3-5-16(15)22-9-8-20-12-22/h2-5,7-9,11-13,18H,6,10H2,1H3,(H,21,23)/t13-,18-/m1/s1. The SMILES string of the molecule is C[C@@H](C(=O)Nc1ccccc1-n1ccnc1)[C@H]1OCCc2sccc21. The first-order valence-electron chi connectivity index (χ1n) is 8.30. The third-order valence-electron chi connectivity index (χ3n) is 4.53. The molecule has 128 valence electrons. The molecule has 1 aliphatic rings. The second-order valence-corrected chi connectivity index (χ2v) is 7.11. The van der Waals surface area contributed by atoms with E-state index in [0.717, 1.165) is 23.4 Å². The molecule has 2 atom stereocenters. The fourth-order valence-corrected chi connectivity index (χ4v) is 4.08. The van der Waals surface area contributed by atoms with E-state index in [1.807, 2.05) is 42.0 Å². The number of carbonyl (C=O) groups is 1. The highest BCUT2D eigenvalue weighted by atomic mass is 32.1. The molecule has 0 saturated heterocycles. The summed E-state index contributed by atoms with van der Waals surface area (Å²) in [4.78, 5) is 18.3. The number of nitrogens with zero attached hydrogens (tertiary/aromatic N) is 2. The van der Waals surface area contributed by atoms with E-state index in [0.29, 0.717) is 6.61 Å². The van der Waals surface area contributed by atoms with E-state index >= 15 is 0 Å². The fourth-order valence-electron chi connectivity index (χ4n) is 3.18. The van der Waals surface area contributed by atoms with Crippen molar-refractivity contribution < 1.29 is 9.53 Å². The van der Waals surface area contributed by atoms with Gasteiger partial charge in [0.15, 0.2) is 0 Å². The molecule has 1 amide bonds. The Balaban J connectivity index is 1.56. The van der Waals surface area contributed by atoms with Gasteiger partial charge in [-0.05, 0) is 29.1 Å². The van der Waals surface area contributed by atoms with Gasteiger partial charge < -0.3 is 14.6 Å². The highest BCUT2D eigenvalue weighted by Crippen LogP contribution is 2.36. The first kappa shape index (κ1) is 16.1. The molecule has 4 rings (SSSR count). The number of amides is 1. The van der Waals surface area contributed by atoms with Crippen molar-refractivity contribution >= 4 is 22.9 Å². The molecule has 1 aliphatic heterocycles. The van der Waals surface area contributed by atoms with Gasteiger partial charge >= 0.3 is 0 Å². The van der Waals surface area contributed by atoms with Gasteiger partial charge in [0.25, 0.3) is 0 Å². The second kappa shape index (κ2) is 6.82. The average Bonchev–Trinajstić information content (AvgIpc) is 3.32. The summed E-state index contributed by atoms with van der Waals surface area (Å²) in [5.74, 6) is -0.318. The predicted octanol–water partition coefficient (Wildman–Crippen LogP) is 3.82. The monoisotopic (exact) mass is 353 g/mol. The van der Waals surface area contributed by atoms with Crippen molar-refractivity contribution in [2.75, 3.05) is 11.9 Å². The summed E-state index contributed by atoms with van der Waals surface area (Å²) in [6.45, 7) is 2.59. The van der Waals surface area contributed by atoms with Gasteiger partial charge in [-0.1, -0.05) is 19.1 Å². The minimum Gasteiger partial charge on any atom is -0.372 e. The van der Waals surface area contributed by atoms with Gasteiger partial charge in [-0.2, -0.15) is 0 Å². The van der Waals surface area contributed by atoms with Crippen LogP contribution in [0.4, 0.5) is 5.69 Å². The van der Waals surface area contributed by atoms with Crippen LogP contribution >= 0.6 is 11.3 Å². The summed E-state index contributed by atoms with van der Waals surface area (Å²) in [5.41, 5.74) is 2.81. The van der Waals surface area contributed by atoms with E-state index in [1.165, 1.54) is 4.88 Å². The van der Waals surface area contributed by atoms with Crippen LogP contribution in [0.5, 0.6) is 0 Å². The number of thiophene rings is 1. The lowest BCUT2D eigenvalue weighted by atomic mass is 9.94. The van der Waals surface area contributed by atoms with Gasteiger partial charge in [0, 0.05) is 23.7 Å². The molecule has 25 heavy (non-hydrogen) atoms. The molecular formula is C19H19N3O2S. The molecule has 0 radical (unpaired) electrons. The number of imidazole rings is 1. The zero-order valence-corrected chi connectivity index (χ0v) is 14.7. The molecule has 3 aromatic rings. The molecule has 0 fully saturated rings. The highest BCUT2D eigenvalue weighted by Gasteiger charge is 2.31. The topological polar surface area (TPSA) is 56.2 Å². The lowest BCUT2D eigenvalue weighted by molar-refractivity contribution is -0.125. The molecular weight excluding hydrogens is 334 g/mol. The van der Waals surface area contributed by atoms with Crippen molar-refractivity contribution in [3.05, 3.63) is 64.9 Å². The summed E-state index contributed by atoms with van der Waals surface area (Å²) in [5, 5.41) is 5.13. The Bertz CT molecular complexity index is 872. The quantitative estimate of drug-likeness (QED) is 0.776. The number of anilines is 1. The van der Waals surface area contributed by atoms with Crippen LogP contribution in [0.25, 0.3) is 5.69 Å². The molecule has 0 saturated carbocycles. The van der Waals surface area contributed by atoms with E-state index in [1.54, 1.807) is 23.9 Å². The van der Waals surface area contributed by atoms with Crippen molar-refractivity contribution in [2.45, 2.75) is 19.4 Å². The molecule has 3 heterocycles. The van der Waals surface area contributed by atoms with Crippen LogP contribution in [0.1, 0.15) is 23.5 Å². The molecule has 1 aromatic carbocycles. The smallest absolute Gasteiger partial charge is 0.230 e. The zero-order valence-electron chi connectivity index (χ0n) is 13.9. The Kier molecular flexibility index (Phi) is 4.38. The van der Waals surface area contributed by atoms with Crippen molar-refractivity contribution in [2.24, 2.45) is 5.92 Å². The number of hydrogen-bond acceptors (Lipinski definition) is 4. The maximum Gasteiger partial charge on any atom is 0.230 e. The van der Waals surface area contributed by atoms with E-state index in [9.17, 15) is 4.79 Å². The minimum atomic E-state index is -0.274. The number of nitrogens with one attached hydrogen (secondary N) is 1. The van der Waals surface area contributed by atoms with Crippen molar-refractivity contribution in [3.63, 3.8) is 0 Å². The third-order valence-corrected chi connectivity index (χ3v) is 5.52. The lowest BCUT2D eigenvalue weighted by Gasteiger charge is -2.28. The predicted molar refractivity (Wildman–Crippen MR) is 98.1 cm³/mol. The zero-order chi connectivity index (χ0) is 17.2. The van der Waals surface area contributed by atoms with Crippen LogP contribution in [0.3, 0.4) is 0 Å². The van der Waals surface area contributed by atoms with Crippen molar-refractivity contribution in [1.29, 1.82) is 0 Å². The van der Waals surface area contributed by atoms with Gasteiger partial charge in [-0.15, -0.1) is 11.3 Å². The van der Waals surface area contributed by atoms with Gasteiger partial charge in [-0.3, -0.25) is 4.79 Å². The second-order valence-electron chi connectivity index (χ2n) is 6.11. The van der Waals surface area contributed by atoms with Crippen LogP contribution in [-0.4, -0.2) is 22.1 Å². The van der Waals surface area contributed by atoms with Crippen LogP contribution < -0.4 is 5.32 Å². The first-order valence-corrected chi connectivity index (χ1v) is 9.18. The number of hydrogen-bond donors (Lipinski definition) is 1. The number of fused-ring (bicyclic) bond motifs is 1. The van der Waals surface area contributed by atoms with Crippen LogP contribution in [0.2, 0.25) is 0 Å². The lowest BCUT2D eigenvalue weighted by Crippen LogP contribution is -2.30. The van der Waals surface area contributed by atoms with E-state index in [2.05, 4.69) is 21.7 Å². The molecule has 2 aromatic heterocycles. The van der Waals surface area contributed by atoms with Gasteiger partial charge in [-0.25, -0.2) is 4.98 Å². The maximum atomic E-state index is 12.9. The number of rotatable bonds is 4. The molecule has 0 unspecified atom stereocenters. The highest BCUT2D eigenvalue weighted by molar-refractivity contribution is 7.10. The van der Waals surface area contributed by atoms with E-state index in [-0.39, 0.29) is 17.9 Å². The number of benzene rings is 1. The maximum absolute atomic E-state index is 12.9. The Morgan fingerprint density at radius 3 is 3.12 bits per heavy atom. The van der Waals surface area contributed by atoms with Crippen LogP contribution in [0, 0.1) is 5.92 Å². The van der Waals surface area contributed by atoms with Gasteiger partial charge in [0.05, 0.1) is 36.3 Å². The summed E-state index contributed by atoms with van der Waals surface area (Å²) in [6.07, 6.45) is 6.04. The molecule has 0 aliphatic carbocycles. The Morgan fingerprint density at radius 2 is 2.28 bits per heavy atom. The fraction of sp³-hybridized carbons (Fsp3) is 0.263. The third kappa shape index (κ3) is 3.10. The molecule has 0 spiro atoms. The number of para-hydroxylation sites is 2. The Labute approximate surface area is 150 Å².